The molecule has 5 rings (SSSR count). The number of amides is 1. The van der Waals surface area contributed by atoms with Crippen LogP contribution in [0.5, 0.6) is 0 Å². The number of hydrogen-bond donors (Lipinski definition) is 1. The highest BCUT2D eigenvalue weighted by Gasteiger charge is 2.24. The van der Waals surface area contributed by atoms with Gasteiger partial charge in [0.15, 0.2) is 5.82 Å². The number of anilines is 1. The molecule has 154 valence electrons. The number of piperazine rings is 1. The highest BCUT2D eigenvalue weighted by molar-refractivity contribution is 5.93. The molecule has 3 aromatic heterocycles. The Labute approximate surface area is 179 Å². The molecule has 8 heteroatoms. The molecule has 0 unspecified atom stereocenters. The number of H-pyrrole nitrogens is 1. The molecule has 1 N–H and O–H groups in total. The summed E-state index contributed by atoms with van der Waals surface area (Å²) in [6.45, 7) is 2.63. The molecule has 0 radical (unpaired) electrons. The van der Waals surface area contributed by atoms with Crippen molar-refractivity contribution >= 4 is 11.7 Å². The van der Waals surface area contributed by atoms with E-state index < -0.39 is 0 Å². The number of rotatable bonds is 4. The average Bonchev–Trinajstić information content (AvgIpc) is 3.35. The van der Waals surface area contributed by atoms with Crippen molar-refractivity contribution in [2.75, 3.05) is 31.1 Å². The Morgan fingerprint density at radius 3 is 2.35 bits per heavy atom. The van der Waals surface area contributed by atoms with E-state index >= 15 is 0 Å². The first-order chi connectivity index (χ1) is 15.3. The minimum Gasteiger partial charge on any atom is -0.352 e. The maximum atomic E-state index is 12.9. The van der Waals surface area contributed by atoms with Crippen molar-refractivity contribution in [1.82, 2.24) is 30.3 Å². The lowest BCUT2D eigenvalue weighted by Crippen LogP contribution is -2.49. The lowest BCUT2D eigenvalue weighted by Gasteiger charge is -2.34. The number of aromatic nitrogens is 5. The van der Waals surface area contributed by atoms with Crippen LogP contribution in [0.1, 0.15) is 10.5 Å². The minimum atomic E-state index is -0.0349. The van der Waals surface area contributed by atoms with Gasteiger partial charge in [0, 0.05) is 49.7 Å². The van der Waals surface area contributed by atoms with Crippen LogP contribution in [0.2, 0.25) is 0 Å². The standard InChI is InChI=1S/C23H21N7O/c31-23(21-15-20(26-27-21)17-5-2-1-3-6-17)30-13-11-29(12-14-30)22-9-8-19(25-28-22)18-7-4-10-24-16-18/h1-10,15-16H,11-14H2,(H,26,27). The summed E-state index contributed by atoms with van der Waals surface area (Å²) in [6, 6.07) is 19.4. The van der Waals surface area contributed by atoms with Crippen LogP contribution in [-0.2, 0) is 0 Å². The molecular weight excluding hydrogens is 390 g/mol. The molecule has 4 heterocycles. The van der Waals surface area contributed by atoms with Gasteiger partial charge in [-0.3, -0.25) is 14.9 Å². The van der Waals surface area contributed by atoms with Gasteiger partial charge >= 0.3 is 0 Å². The first-order valence-electron chi connectivity index (χ1n) is 10.2. The molecule has 0 saturated carbocycles. The zero-order chi connectivity index (χ0) is 21.0. The van der Waals surface area contributed by atoms with E-state index in [9.17, 15) is 4.79 Å². The second kappa shape index (κ2) is 8.35. The predicted octanol–water partition coefficient (Wildman–Crippen LogP) is 2.89. The molecule has 1 amide bonds. The monoisotopic (exact) mass is 411 g/mol. The van der Waals surface area contributed by atoms with E-state index in [4.69, 9.17) is 0 Å². The molecule has 0 aliphatic carbocycles. The third-order valence-corrected chi connectivity index (χ3v) is 5.38. The summed E-state index contributed by atoms with van der Waals surface area (Å²) in [6.07, 6.45) is 3.50. The Bertz CT molecular complexity index is 1150. The third-order valence-electron chi connectivity index (χ3n) is 5.38. The number of carbonyl (C=O) groups is 1. The normalized spacial score (nSPS) is 13.9. The van der Waals surface area contributed by atoms with E-state index in [1.165, 1.54) is 0 Å². The maximum absolute atomic E-state index is 12.9. The number of aromatic amines is 1. The van der Waals surface area contributed by atoms with Gasteiger partial charge < -0.3 is 9.80 Å². The fraction of sp³-hybridized carbons (Fsp3) is 0.174. The summed E-state index contributed by atoms with van der Waals surface area (Å²) in [7, 11) is 0. The smallest absolute Gasteiger partial charge is 0.272 e. The van der Waals surface area contributed by atoms with Gasteiger partial charge in [-0.15, -0.1) is 10.2 Å². The zero-order valence-electron chi connectivity index (χ0n) is 16.8. The van der Waals surface area contributed by atoms with Gasteiger partial charge in [0.2, 0.25) is 0 Å². The molecular formula is C23H21N7O. The van der Waals surface area contributed by atoms with Crippen molar-refractivity contribution < 1.29 is 4.79 Å². The largest absolute Gasteiger partial charge is 0.352 e. The van der Waals surface area contributed by atoms with Crippen molar-refractivity contribution in [2.24, 2.45) is 0 Å². The molecule has 1 fully saturated rings. The molecule has 4 aromatic rings. The van der Waals surface area contributed by atoms with Crippen LogP contribution in [0, 0.1) is 0 Å². The lowest BCUT2D eigenvalue weighted by atomic mass is 10.1. The molecule has 1 aliphatic heterocycles. The van der Waals surface area contributed by atoms with Gasteiger partial charge in [-0.25, -0.2) is 0 Å². The lowest BCUT2D eigenvalue weighted by molar-refractivity contribution is 0.0740. The number of nitrogens with zero attached hydrogens (tertiary/aromatic N) is 6. The molecule has 1 aromatic carbocycles. The second-order valence-corrected chi connectivity index (χ2v) is 7.33. The topological polar surface area (TPSA) is 90.9 Å². The highest BCUT2D eigenvalue weighted by atomic mass is 16.2. The second-order valence-electron chi connectivity index (χ2n) is 7.33. The average molecular weight is 411 g/mol. The van der Waals surface area contributed by atoms with Crippen LogP contribution in [0.15, 0.2) is 73.1 Å². The summed E-state index contributed by atoms with van der Waals surface area (Å²) in [4.78, 5) is 21.0. The first-order valence-corrected chi connectivity index (χ1v) is 10.2. The fourth-order valence-electron chi connectivity index (χ4n) is 3.66. The Hall–Kier alpha value is -4.07. The third kappa shape index (κ3) is 4.00. The summed E-state index contributed by atoms with van der Waals surface area (Å²) in [5.41, 5.74) is 3.99. The van der Waals surface area contributed by atoms with Gasteiger partial charge in [0.05, 0.1) is 11.4 Å². The first kappa shape index (κ1) is 18.9. The van der Waals surface area contributed by atoms with Gasteiger partial charge in [-0.1, -0.05) is 30.3 Å². The molecule has 8 nitrogen and oxygen atoms in total. The van der Waals surface area contributed by atoms with E-state index in [0.717, 1.165) is 28.3 Å². The highest BCUT2D eigenvalue weighted by Crippen LogP contribution is 2.20. The predicted molar refractivity (Wildman–Crippen MR) is 117 cm³/mol. The van der Waals surface area contributed by atoms with E-state index in [2.05, 4.69) is 30.3 Å². The number of carbonyl (C=O) groups excluding carboxylic acids is 1. The van der Waals surface area contributed by atoms with E-state index in [1.54, 1.807) is 12.4 Å². The number of benzene rings is 1. The maximum Gasteiger partial charge on any atom is 0.272 e. The Balaban J connectivity index is 1.21. The quantitative estimate of drug-likeness (QED) is 0.555. The molecule has 1 aliphatic rings. The van der Waals surface area contributed by atoms with Gasteiger partial charge in [0.1, 0.15) is 5.69 Å². The van der Waals surface area contributed by atoms with Crippen LogP contribution in [0.25, 0.3) is 22.5 Å². The van der Waals surface area contributed by atoms with Crippen molar-refractivity contribution in [3.63, 3.8) is 0 Å². The summed E-state index contributed by atoms with van der Waals surface area (Å²) in [5.74, 6) is 0.778. The van der Waals surface area contributed by atoms with Crippen molar-refractivity contribution in [3.05, 3.63) is 78.8 Å². The summed E-state index contributed by atoms with van der Waals surface area (Å²) < 4.78 is 0. The fourth-order valence-corrected chi connectivity index (χ4v) is 3.66. The Morgan fingerprint density at radius 1 is 0.839 bits per heavy atom. The summed E-state index contributed by atoms with van der Waals surface area (Å²) >= 11 is 0. The minimum absolute atomic E-state index is 0.0349. The number of pyridine rings is 1. The van der Waals surface area contributed by atoms with Crippen LogP contribution in [-0.4, -0.2) is 62.4 Å². The van der Waals surface area contributed by atoms with Crippen molar-refractivity contribution in [1.29, 1.82) is 0 Å². The van der Waals surface area contributed by atoms with E-state index in [1.807, 2.05) is 65.6 Å². The number of nitrogens with one attached hydrogen (secondary N) is 1. The summed E-state index contributed by atoms with van der Waals surface area (Å²) in [5, 5.41) is 15.9. The van der Waals surface area contributed by atoms with Crippen molar-refractivity contribution in [2.45, 2.75) is 0 Å². The van der Waals surface area contributed by atoms with Crippen LogP contribution in [0.3, 0.4) is 0 Å². The SMILES string of the molecule is O=C(c1cc(-c2ccccc2)n[nH]1)N1CCN(c2ccc(-c3cccnc3)nn2)CC1. The van der Waals surface area contributed by atoms with Gasteiger partial charge in [-0.05, 0) is 30.3 Å². The van der Waals surface area contributed by atoms with Crippen LogP contribution in [0.4, 0.5) is 5.82 Å². The molecule has 0 atom stereocenters. The van der Waals surface area contributed by atoms with E-state index in [0.29, 0.717) is 31.9 Å². The van der Waals surface area contributed by atoms with Gasteiger partial charge in [-0.2, -0.15) is 5.10 Å². The molecule has 0 spiro atoms. The molecule has 0 bridgehead atoms. The number of hydrogen-bond acceptors (Lipinski definition) is 6. The molecule has 31 heavy (non-hydrogen) atoms. The van der Waals surface area contributed by atoms with Crippen LogP contribution >= 0.6 is 0 Å². The van der Waals surface area contributed by atoms with Crippen molar-refractivity contribution in [3.8, 4) is 22.5 Å². The Kier molecular flexibility index (Phi) is 5.10. The Morgan fingerprint density at radius 2 is 1.65 bits per heavy atom. The molecule has 1 saturated heterocycles. The van der Waals surface area contributed by atoms with Gasteiger partial charge in [0.25, 0.3) is 5.91 Å². The zero-order valence-corrected chi connectivity index (χ0v) is 16.8. The van der Waals surface area contributed by atoms with Crippen LogP contribution < -0.4 is 4.90 Å². The van der Waals surface area contributed by atoms with E-state index in [-0.39, 0.29) is 5.91 Å².